The van der Waals surface area contributed by atoms with E-state index in [1.54, 1.807) is 12.1 Å². The van der Waals surface area contributed by atoms with E-state index in [-0.39, 0.29) is 12.2 Å². The third kappa shape index (κ3) is 2.16. The van der Waals surface area contributed by atoms with Crippen LogP contribution in [-0.4, -0.2) is 30.3 Å². The molecule has 1 heterocycles. The summed E-state index contributed by atoms with van der Waals surface area (Å²) in [5.41, 5.74) is 6.27. The van der Waals surface area contributed by atoms with Gasteiger partial charge in [-0.15, -0.1) is 0 Å². The van der Waals surface area contributed by atoms with Crippen LogP contribution in [0.25, 0.3) is 0 Å². The maximum atomic E-state index is 12.9. The van der Waals surface area contributed by atoms with Crippen molar-refractivity contribution in [1.82, 2.24) is 0 Å². The fourth-order valence-corrected chi connectivity index (χ4v) is 2.08. The zero-order valence-corrected chi connectivity index (χ0v) is 9.23. The maximum Gasteiger partial charge on any atom is 0.304 e. The van der Waals surface area contributed by atoms with Crippen molar-refractivity contribution in [3.63, 3.8) is 0 Å². The van der Waals surface area contributed by atoms with Crippen molar-refractivity contribution in [3.8, 4) is 0 Å². The van der Waals surface area contributed by atoms with Crippen LogP contribution in [-0.2, 0) is 14.9 Å². The lowest BCUT2D eigenvalue weighted by atomic mass is 9.71. The van der Waals surface area contributed by atoms with Gasteiger partial charge in [-0.1, -0.05) is 12.1 Å². The smallest absolute Gasteiger partial charge is 0.304 e. The Hall–Kier alpha value is -1.46. The van der Waals surface area contributed by atoms with Gasteiger partial charge in [0.1, 0.15) is 5.82 Å². The predicted molar refractivity (Wildman–Crippen MR) is 59.1 cm³/mol. The average Bonchev–Trinajstić information content (AvgIpc) is 2.18. The zero-order chi connectivity index (χ0) is 12.5. The first kappa shape index (κ1) is 12.0. The van der Waals surface area contributed by atoms with E-state index in [4.69, 9.17) is 15.6 Å². The third-order valence-electron chi connectivity index (χ3n) is 3.24. The molecule has 1 aromatic carbocycles. The van der Waals surface area contributed by atoms with Crippen molar-refractivity contribution in [2.24, 2.45) is 5.73 Å². The average molecular weight is 239 g/mol. The molecule has 1 fully saturated rings. The molecule has 0 aliphatic carbocycles. The number of halogens is 1. The number of rotatable bonds is 4. The molecule has 92 valence electrons. The number of nitrogens with two attached hydrogens (primary N) is 1. The minimum absolute atomic E-state index is 0.124. The number of hydrogen-bond acceptors (Lipinski definition) is 3. The standard InChI is InChI=1S/C12H14FNO3/c13-9-3-1-8(2-4-9)12(6-17-7-12)10(14)5-11(15)16/h1-4,10H,5-7,14H2,(H,15,16). The fraction of sp³-hybridized carbons (Fsp3) is 0.417. The summed E-state index contributed by atoms with van der Waals surface area (Å²) < 4.78 is 18.0. The van der Waals surface area contributed by atoms with Crippen LogP contribution in [0.1, 0.15) is 12.0 Å². The zero-order valence-electron chi connectivity index (χ0n) is 9.23. The Labute approximate surface area is 98.2 Å². The molecule has 1 atom stereocenters. The lowest BCUT2D eigenvalue weighted by Crippen LogP contribution is -2.59. The highest BCUT2D eigenvalue weighted by Gasteiger charge is 2.46. The van der Waals surface area contributed by atoms with Gasteiger partial charge in [0.05, 0.1) is 25.0 Å². The number of ether oxygens (including phenoxy) is 1. The fourth-order valence-electron chi connectivity index (χ4n) is 2.08. The molecule has 0 spiro atoms. The summed E-state index contributed by atoms with van der Waals surface area (Å²) >= 11 is 0. The van der Waals surface area contributed by atoms with E-state index in [9.17, 15) is 9.18 Å². The van der Waals surface area contributed by atoms with E-state index < -0.39 is 17.4 Å². The van der Waals surface area contributed by atoms with E-state index in [0.717, 1.165) is 5.56 Å². The van der Waals surface area contributed by atoms with Gasteiger partial charge in [0.25, 0.3) is 0 Å². The molecule has 0 amide bonds. The van der Waals surface area contributed by atoms with Gasteiger partial charge in [0, 0.05) is 6.04 Å². The summed E-state index contributed by atoms with van der Waals surface area (Å²) in [5.74, 6) is -1.26. The Bertz CT molecular complexity index is 414. The molecule has 1 aliphatic heterocycles. The van der Waals surface area contributed by atoms with E-state index in [1.165, 1.54) is 12.1 Å². The summed E-state index contributed by atoms with van der Waals surface area (Å²) in [6.07, 6.45) is -0.124. The van der Waals surface area contributed by atoms with Gasteiger partial charge in [-0.2, -0.15) is 0 Å². The Morgan fingerprint density at radius 1 is 1.47 bits per heavy atom. The topological polar surface area (TPSA) is 72.6 Å². The third-order valence-corrected chi connectivity index (χ3v) is 3.24. The van der Waals surface area contributed by atoms with Crippen molar-refractivity contribution < 1.29 is 19.0 Å². The van der Waals surface area contributed by atoms with Crippen LogP contribution in [0.5, 0.6) is 0 Å². The van der Waals surface area contributed by atoms with Crippen LogP contribution in [0.4, 0.5) is 4.39 Å². The van der Waals surface area contributed by atoms with Crippen LogP contribution in [0, 0.1) is 5.82 Å². The molecule has 0 aromatic heterocycles. The second-order valence-electron chi connectivity index (χ2n) is 4.36. The number of carboxylic acid groups (broad SMARTS) is 1. The van der Waals surface area contributed by atoms with Crippen molar-refractivity contribution in [2.45, 2.75) is 17.9 Å². The van der Waals surface area contributed by atoms with E-state index in [0.29, 0.717) is 13.2 Å². The van der Waals surface area contributed by atoms with Gasteiger partial charge in [-0.25, -0.2) is 4.39 Å². The highest BCUT2D eigenvalue weighted by molar-refractivity contribution is 5.68. The molecule has 0 radical (unpaired) electrons. The summed E-state index contributed by atoms with van der Waals surface area (Å²) in [7, 11) is 0. The molecule has 17 heavy (non-hydrogen) atoms. The van der Waals surface area contributed by atoms with Crippen LogP contribution in [0.3, 0.4) is 0 Å². The van der Waals surface area contributed by atoms with Crippen molar-refractivity contribution in [3.05, 3.63) is 35.6 Å². The van der Waals surface area contributed by atoms with Crippen LogP contribution in [0.15, 0.2) is 24.3 Å². The number of aliphatic carboxylic acids is 1. The Balaban J connectivity index is 2.24. The predicted octanol–water partition coefficient (Wildman–Crippen LogP) is 0.896. The Kier molecular flexibility index (Phi) is 3.13. The van der Waals surface area contributed by atoms with Gasteiger partial charge in [0.2, 0.25) is 0 Å². The molecule has 4 nitrogen and oxygen atoms in total. The molecule has 0 bridgehead atoms. The van der Waals surface area contributed by atoms with E-state index in [1.807, 2.05) is 0 Å². The Morgan fingerprint density at radius 3 is 2.47 bits per heavy atom. The number of hydrogen-bond donors (Lipinski definition) is 2. The molecule has 1 unspecified atom stereocenters. The van der Waals surface area contributed by atoms with Crippen molar-refractivity contribution in [1.29, 1.82) is 0 Å². The first-order valence-corrected chi connectivity index (χ1v) is 5.36. The van der Waals surface area contributed by atoms with Crippen LogP contribution >= 0.6 is 0 Å². The molecule has 1 aromatic rings. The number of carbonyl (C=O) groups is 1. The lowest BCUT2D eigenvalue weighted by molar-refractivity contribution is -0.140. The number of benzene rings is 1. The van der Waals surface area contributed by atoms with Gasteiger partial charge in [-0.3, -0.25) is 4.79 Å². The molecule has 1 aliphatic rings. The molecular formula is C12H14FNO3. The van der Waals surface area contributed by atoms with E-state index in [2.05, 4.69) is 0 Å². The van der Waals surface area contributed by atoms with Gasteiger partial charge < -0.3 is 15.6 Å². The van der Waals surface area contributed by atoms with Crippen molar-refractivity contribution in [2.75, 3.05) is 13.2 Å². The van der Waals surface area contributed by atoms with Gasteiger partial charge >= 0.3 is 5.97 Å². The normalized spacial score (nSPS) is 19.4. The first-order chi connectivity index (χ1) is 8.04. The van der Waals surface area contributed by atoms with Crippen LogP contribution < -0.4 is 5.73 Å². The highest BCUT2D eigenvalue weighted by Crippen LogP contribution is 2.36. The lowest BCUT2D eigenvalue weighted by Gasteiger charge is -2.45. The monoisotopic (exact) mass is 239 g/mol. The molecule has 2 rings (SSSR count). The van der Waals surface area contributed by atoms with Crippen molar-refractivity contribution >= 4 is 5.97 Å². The SMILES string of the molecule is NC(CC(=O)O)C1(c2ccc(F)cc2)COC1. The minimum atomic E-state index is -0.939. The summed E-state index contributed by atoms with van der Waals surface area (Å²) in [6.45, 7) is 0.764. The molecule has 1 saturated heterocycles. The summed E-state index contributed by atoms with van der Waals surface area (Å²) in [6, 6.07) is 5.45. The number of carboxylic acids is 1. The maximum absolute atomic E-state index is 12.9. The summed E-state index contributed by atoms with van der Waals surface area (Å²) in [4.78, 5) is 10.7. The molecule has 0 saturated carbocycles. The quantitative estimate of drug-likeness (QED) is 0.818. The molecule has 5 heteroatoms. The highest BCUT2D eigenvalue weighted by atomic mass is 19.1. The summed E-state index contributed by atoms with van der Waals surface area (Å²) in [5, 5.41) is 8.78. The second kappa shape index (κ2) is 4.43. The largest absolute Gasteiger partial charge is 0.481 e. The Morgan fingerprint density at radius 2 is 2.06 bits per heavy atom. The first-order valence-electron chi connectivity index (χ1n) is 5.36. The van der Waals surface area contributed by atoms with Gasteiger partial charge in [-0.05, 0) is 17.7 Å². The second-order valence-corrected chi connectivity index (χ2v) is 4.36. The minimum Gasteiger partial charge on any atom is -0.481 e. The van der Waals surface area contributed by atoms with Crippen LogP contribution in [0.2, 0.25) is 0 Å². The molecule has 3 N–H and O–H groups in total. The van der Waals surface area contributed by atoms with Gasteiger partial charge in [0.15, 0.2) is 0 Å². The molecular weight excluding hydrogens is 225 g/mol. The van der Waals surface area contributed by atoms with E-state index >= 15 is 0 Å².